The number of amides is 1. The summed E-state index contributed by atoms with van der Waals surface area (Å²) >= 11 is 6.22. The third-order valence-corrected chi connectivity index (χ3v) is 5.12. The molecule has 0 saturated carbocycles. The van der Waals surface area contributed by atoms with Crippen LogP contribution in [0.25, 0.3) is 6.08 Å². The van der Waals surface area contributed by atoms with Crippen molar-refractivity contribution >= 4 is 23.6 Å². The van der Waals surface area contributed by atoms with Gasteiger partial charge < -0.3 is 19.1 Å². The maximum Gasteiger partial charge on any atom is 0.246 e. The lowest BCUT2D eigenvalue weighted by Crippen LogP contribution is -2.35. The molecule has 6 heteroatoms. The number of halogens is 1. The van der Waals surface area contributed by atoms with Crippen molar-refractivity contribution < 1.29 is 19.0 Å². The van der Waals surface area contributed by atoms with Crippen LogP contribution in [0.3, 0.4) is 0 Å². The van der Waals surface area contributed by atoms with Crippen molar-refractivity contribution in [3.63, 3.8) is 0 Å². The standard InChI is InChI=1S/C22H22ClNO4/c23-19-11-17(12-20-22(19)28-15-27-20)8-9-21(25)24(14-18-7-4-10-26-18)13-16-5-2-1-3-6-16/h1-3,5-6,8-9,11-12,18H,4,7,10,13-15H2. The molecule has 28 heavy (non-hydrogen) atoms. The van der Waals surface area contributed by atoms with E-state index in [1.807, 2.05) is 41.3 Å². The highest BCUT2D eigenvalue weighted by molar-refractivity contribution is 6.32. The quantitative estimate of drug-likeness (QED) is 0.680. The number of fused-ring (bicyclic) bond motifs is 1. The number of carbonyl (C=O) groups is 1. The molecule has 2 aliphatic heterocycles. The molecular weight excluding hydrogens is 378 g/mol. The lowest BCUT2D eigenvalue weighted by Gasteiger charge is -2.24. The summed E-state index contributed by atoms with van der Waals surface area (Å²) < 4.78 is 16.4. The van der Waals surface area contributed by atoms with Crippen molar-refractivity contribution in [2.45, 2.75) is 25.5 Å². The number of carbonyl (C=O) groups excluding carboxylic acids is 1. The van der Waals surface area contributed by atoms with Crippen molar-refractivity contribution in [2.24, 2.45) is 0 Å². The van der Waals surface area contributed by atoms with E-state index in [0.29, 0.717) is 29.6 Å². The Morgan fingerprint density at radius 3 is 2.86 bits per heavy atom. The number of hydrogen-bond donors (Lipinski definition) is 0. The Hall–Kier alpha value is -2.50. The van der Waals surface area contributed by atoms with E-state index in [-0.39, 0.29) is 18.8 Å². The van der Waals surface area contributed by atoms with Crippen LogP contribution in [0.5, 0.6) is 11.5 Å². The average Bonchev–Trinajstić information content (AvgIpc) is 3.38. The molecule has 0 N–H and O–H groups in total. The van der Waals surface area contributed by atoms with E-state index in [4.69, 9.17) is 25.8 Å². The van der Waals surface area contributed by atoms with Gasteiger partial charge in [-0.25, -0.2) is 0 Å². The Labute approximate surface area is 169 Å². The first-order chi connectivity index (χ1) is 13.7. The molecule has 1 atom stereocenters. The minimum atomic E-state index is -0.0619. The van der Waals surface area contributed by atoms with Crippen LogP contribution in [-0.4, -0.2) is 36.9 Å². The van der Waals surface area contributed by atoms with Crippen molar-refractivity contribution in [1.29, 1.82) is 0 Å². The van der Waals surface area contributed by atoms with E-state index in [1.54, 1.807) is 18.2 Å². The second-order valence-electron chi connectivity index (χ2n) is 6.91. The Balaban J connectivity index is 1.49. The first-order valence-corrected chi connectivity index (χ1v) is 9.78. The van der Waals surface area contributed by atoms with E-state index in [2.05, 4.69) is 0 Å². The van der Waals surface area contributed by atoms with E-state index in [0.717, 1.165) is 30.6 Å². The summed E-state index contributed by atoms with van der Waals surface area (Å²) in [6.07, 6.45) is 5.46. The fraction of sp³-hybridized carbons (Fsp3) is 0.318. The molecule has 4 rings (SSSR count). The lowest BCUT2D eigenvalue weighted by atomic mass is 10.1. The minimum absolute atomic E-state index is 0.0619. The van der Waals surface area contributed by atoms with E-state index in [1.165, 1.54) is 0 Å². The maximum atomic E-state index is 12.9. The molecule has 1 fully saturated rings. The van der Waals surface area contributed by atoms with Gasteiger partial charge in [0.2, 0.25) is 12.7 Å². The molecule has 0 spiro atoms. The number of ether oxygens (including phenoxy) is 3. The highest BCUT2D eigenvalue weighted by Gasteiger charge is 2.22. The molecule has 1 unspecified atom stereocenters. The van der Waals surface area contributed by atoms with E-state index < -0.39 is 0 Å². The van der Waals surface area contributed by atoms with Gasteiger partial charge in [0, 0.05) is 25.8 Å². The first kappa shape index (κ1) is 18.8. The Morgan fingerprint density at radius 1 is 1.21 bits per heavy atom. The summed E-state index contributed by atoms with van der Waals surface area (Å²) in [6.45, 7) is 2.06. The molecule has 5 nitrogen and oxygen atoms in total. The van der Waals surface area contributed by atoms with Crippen molar-refractivity contribution in [2.75, 3.05) is 19.9 Å². The summed E-state index contributed by atoms with van der Waals surface area (Å²) in [5.41, 5.74) is 1.88. The van der Waals surface area contributed by atoms with Crippen LogP contribution in [0.15, 0.2) is 48.5 Å². The number of hydrogen-bond acceptors (Lipinski definition) is 4. The van der Waals surface area contributed by atoms with Gasteiger partial charge in [-0.15, -0.1) is 0 Å². The van der Waals surface area contributed by atoms with Crippen LogP contribution in [0.1, 0.15) is 24.0 Å². The topological polar surface area (TPSA) is 48.0 Å². The normalized spacial score (nSPS) is 18.0. The Bertz CT molecular complexity index is 862. The van der Waals surface area contributed by atoms with Gasteiger partial charge in [-0.3, -0.25) is 4.79 Å². The molecule has 2 aromatic rings. The maximum absolute atomic E-state index is 12.9. The molecule has 2 aliphatic rings. The van der Waals surface area contributed by atoms with E-state index in [9.17, 15) is 4.79 Å². The van der Waals surface area contributed by atoms with Gasteiger partial charge in [0.25, 0.3) is 0 Å². The summed E-state index contributed by atoms with van der Waals surface area (Å²) in [5.74, 6) is 1.09. The number of benzene rings is 2. The number of nitrogens with zero attached hydrogens (tertiary/aromatic N) is 1. The van der Waals surface area contributed by atoms with Gasteiger partial charge in [0.05, 0.1) is 11.1 Å². The lowest BCUT2D eigenvalue weighted by molar-refractivity contribution is -0.128. The van der Waals surface area contributed by atoms with Crippen LogP contribution in [0, 0.1) is 0 Å². The molecule has 146 valence electrons. The zero-order chi connectivity index (χ0) is 19.3. The van der Waals surface area contributed by atoms with Gasteiger partial charge in [0.1, 0.15) is 0 Å². The van der Waals surface area contributed by atoms with Crippen molar-refractivity contribution in [3.05, 3.63) is 64.7 Å². The summed E-state index contributed by atoms with van der Waals surface area (Å²) in [4.78, 5) is 14.8. The SMILES string of the molecule is O=C(C=Cc1cc(Cl)c2c(c1)OCO2)N(Cc1ccccc1)CC1CCCO1. The van der Waals surface area contributed by atoms with Gasteiger partial charge in [-0.05, 0) is 42.2 Å². The largest absolute Gasteiger partial charge is 0.454 e. The molecule has 0 radical (unpaired) electrons. The monoisotopic (exact) mass is 399 g/mol. The third kappa shape index (κ3) is 4.49. The highest BCUT2D eigenvalue weighted by atomic mass is 35.5. The minimum Gasteiger partial charge on any atom is -0.454 e. The van der Waals surface area contributed by atoms with Crippen LogP contribution >= 0.6 is 11.6 Å². The zero-order valence-electron chi connectivity index (χ0n) is 15.5. The Morgan fingerprint density at radius 2 is 2.07 bits per heavy atom. The second-order valence-corrected chi connectivity index (χ2v) is 7.32. The van der Waals surface area contributed by atoms with Crippen molar-refractivity contribution in [1.82, 2.24) is 4.90 Å². The second kappa shape index (κ2) is 8.67. The molecule has 2 heterocycles. The summed E-state index contributed by atoms with van der Waals surface area (Å²) in [5, 5.41) is 0.475. The molecule has 2 aromatic carbocycles. The molecule has 0 bridgehead atoms. The summed E-state index contributed by atoms with van der Waals surface area (Å²) in [6, 6.07) is 13.6. The van der Waals surface area contributed by atoms with E-state index >= 15 is 0 Å². The van der Waals surface area contributed by atoms with Crippen LogP contribution < -0.4 is 9.47 Å². The molecular formula is C22H22ClNO4. The predicted molar refractivity (Wildman–Crippen MR) is 107 cm³/mol. The first-order valence-electron chi connectivity index (χ1n) is 9.41. The fourth-order valence-corrected chi connectivity index (χ4v) is 3.70. The Kier molecular flexibility index (Phi) is 5.84. The average molecular weight is 400 g/mol. The van der Waals surface area contributed by atoms with Gasteiger partial charge in [-0.2, -0.15) is 0 Å². The number of rotatable bonds is 6. The molecule has 0 aromatic heterocycles. The molecule has 1 amide bonds. The highest BCUT2D eigenvalue weighted by Crippen LogP contribution is 2.40. The fourth-order valence-electron chi connectivity index (χ4n) is 3.43. The van der Waals surface area contributed by atoms with Crippen LogP contribution in [-0.2, 0) is 16.1 Å². The van der Waals surface area contributed by atoms with Gasteiger partial charge in [-0.1, -0.05) is 41.9 Å². The van der Waals surface area contributed by atoms with Gasteiger partial charge >= 0.3 is 0 Å². The molecule has 0 aliphatic carbocycles. The third-order valence-electron chi connectivity index (χ3n) is 4.84. The van der Waals surface area contributed by atoms with Crippen LogP contribution in [0.4, 0.5) is 0 Å². The van der Waals surface area contributed by atoms with Gasteiger partial charge in [0.15, 0.2) is 11.5 Å². The van der Waals surface area contributed by atoms with Crippen molar-refractivity contribution in [3.8, 4) is 11.5 Å². The predicted octanol–water partition coefficient (Wildman–Crippen LogP) is 4.29. The van der Waals surface area contributed by atoms with Crippen LogP contribution in [0.2, 0.25) is 5.02 Å². The zero-order valence-corrected chi connectivity index (χ0v) is 16.2. The summed E-state index contributed by atoms with van der Waals surface area (Å²) in [7, 11) is 0. The smallest absolute Gasteiger partial charge is 0.246 e. The molecule has 1 saturated heterocycles.